The summed E-state index contributed by atoms with van der Waals surface area (Å²) in [6, 6.07) is 14.3. The summed E-state index contributed by atoms with van der Waals surface area (Å²) in [6.07, 6.45) is 0.109. The third-order valence-corrected chi connectivity index (χ3v) is 3.10. The maximum Gasteiger partial charge on any atom is 0.129 e. The highest BCUT2D eigenvalue weighted by molar-refractivity contribution is 5.46. The maximum absolute atomic E-state index is 13.5. The standard InChI is InChI=1S/C16H18FNO/c1-2-12-6-5-7-13(10-12)18-11-16(19)14-8-3-4-9-15(14)17/h3-10,16,18-19H,2,11H2,1H3. The van der Waals surface area contributed by atoms with Crippen molar-refractivity contribution in [3.63, 3.8) is 0 Å². The number of rotatable bonds is 5. The molecular weight excluding hydrogens is 241 g/mol. The van der Waals surface area contributed by atoms with Crippen LogP contribution in [0.4, 0.5) is 10.1 Å². The van der Waals surface area contributed by atoms with Gasteiger partial charge in [0.05, 0.1) is 6.10 Å². The molecule has 0 radical (unpaired) electrons. The predicted molar refractivity (Wildman–Crippen MR) is 75.7 cm³/mol. The summed E-state index contributed by atoms with van der Waals surface area (Å²) in [7, 11) is 0. The van der Waals surface area contributed by atoms with Gasteiger partial charge in [-0.3, -0.25) is 0 Å². The number of aryl methyl sites for hydroxylation is 1. The molecule has 0 aromatic heterocycles. The van der Waals surface area contributed by atoms with Gasteiger partial charge >= 0.3 is 0 Å². The number of halogens is 1. The Balaban J connectivity index is 2.00. The molecule has 100 valence electrons. The Morgan fingerprint density at radius 3 is 2.68 bits per heavy atom. The fourth-order valence-corrected chi connectivity index (χ4v) is 1.97. The van der Waals surface area contributed by atoms with E-state index in [9.17, 15) is 9.50 Å². The fourth-order valence-electron chi connectivity index (χ4n) is 1.97. The number of anilines is 1. The van der Waals surface area contributed by atoms with Gasteiger partial charge in [-0.25, -0.2) is 4.39 Å². The molecule has 2 rings (SSSR count). The largest absolute Gasteiger partial charge is 0.386 e. The van der Waals surface area contributed by atoms with E-state index in [0.29, 0.717) is 5.56 Å². The molecule has 0 fully saturated rings. The molecule has 2 aromatic rings. The van der Waals surface area contributed by atoms with E-state index in [2.05, 4.69) is 18.3 Å². The summed E-state index contributed by atoms with van der Waals surface area (Å²) in [6.45, 7) is 2.38. The van der Waals surface area contributed by atoms with Gasteiger partial charge in [-0.1, -0.05) is 37.3 Å². The summed E-state index contributed by atoms with van der Waals surface area (Å²) in [4.78, 5) is 0. The van der Waals surface area contributed by atoms with Crippen molar-refractivity contribution in [1.82, 2.24) is 0 Å². The predicted octanol–water partition coefficient (Wildman–Crippen LogP) is 3.53. The normalized spacial score (nSPS) is 12.2. The van der Waals surface area contributed by atoms with Gasteiger partial charge < -0.3 is 10.4 Å². The van der Waals surface area contributed by atoms with Gasteiger partial charge in [-0.2, -0.15) is 0 Å². The van der Waals surface area contributed by atoms with Crippen molar-refractivity contribution < 1.29 is 9.50 Å². The topological polar surface area (TPSA) is 32.3 Å². The monoisotopic (exact) mass is 259 g/mol. The van der Waals surface area contributed by atoms with Crippen LogP contribution in [0.3, 0.4) is 0 Å². The molecule has 0 spiro atoms. The molecule has 3 heteroatoms. The van der Waals surface area contributed by atoms with E-state index in [0.717, 1.165) is 12.1 Å². The molecule has 2 aromatic carbocycles. The van der Waals surface area contributed by atoms with Gasteiger partial charge in [-0.05, 0) is 30.2 Å². The number of aliphatic hydroxyl groups excluding tert-OH is 1. The molecule has 1 atom stereocenters. The summed E-state index contributed by atoms with van der Waals surface area (Å²) < 4.78 is 13.5. The Labute approximate surface area is 112 Å². The average molecular weight is 259 g/mol. The van der Waals surface area contributed by atoms with E-state index in [-0.39, 0.29) is 12.4 Å². The molecule has 0 bridgehead atoms. The average Bonchev–Trinajstić information content (AvgIpc) is 2.45. The zero-order valence-electron chi connectivity index (χ0n) is 10.9. The molecule has 0 aliphatic heterocycles. The molecule has 0 heterocycles. The van der Waals surface area contributed by atoms with Crippen LogP contribution in [0, 0.1) is 5.82 Å². The summed E-state index contributed by atoms with van der Waals surface area (Å²) in [5, 5.41) is 13.1. The highest BCUT2D eigenvalue weighted by atomic mass is 19.1. The number of hydrogen-bond donors (Lipinski definition) is 2. The van der Waals surface area contributed by atoms with Crippen molar-refractivity contribution in [1.29, 1.82) is 0 Å². The molecule has 0 saturated heterocycles. The van der Waals surface area contributed by atoms with Crippen molar-refractivity contribution in [2.24, 2.45) is 0 Å². The first-order chi connectivity index (χ1) is 9.20. The zero-order chi connectivity index (χ0) is 13.7. The lowest BCUT2D eigenvalue weighted by molar-refractivity contribution is 0.186. The highest BCUT2D eigenvalue weighted by Crippen LogP contribution is 2.18. The molecule has 1 unspecified atom stereocenters. The Morgan fingerprint density at radius 2 is 1.95 bits per heavy atom. The quantitative estimate of drug-likeness (QED) is 0.861. The lowest BCUT2D eigenvalue weighted by Gasteiger charge is -2.14. The third-order valence-electron chi connectivity index (χ3n) is 3.10. The molecular formula is C16H18FNO. The van der Waals surface area contributed by atoms with Crippen LogP contribution in [-0.2, 0) is 6.42 Å². The first kappa shape index (κ1) is 13.6. The van der Waals surface area contributed by atoms with Crippen molar-refractivity contribution in [3.05, 3.63) is 65.5 Å². The molecule has 0 aliphatic rings. The van der Waals surface area contributed by atoms with Crippen LogP contribution < -0.4 is 5.32 Å². The van der Waals surface area contributed by atoms with E-state index in [1.54, 1.807) is 18.2 Å². The van der Waals surface area contributed by atoms with Crippen LogP contribution in [0.15, 0.2) is 48.5 Å². The smallest absolute Gasteiger partial charge is 0.129 e. The minimum absolute atomic E-state index is 0.286. The van der Waals surface area contributed by atoms with Gasteiger partial charge in [0.25, 0.3) is 0 Å². The fraction of sp³-hybridized carbons (Fsp3) is 0.250. The molecule has 0 aliphatic carbocycles. The van der Waals surface area contributed by atoms with Gasteiger partial charge in [0.1, 0.15) is 5.82 Å². The lowest BCUT2D eigenvalue weighted by atomic mass is 10.1. The first-order valence-electron chi connectivity index (χ1n) is 6.46. The van der Waals surface area contributed by atoms with Crippen LogP contribution in [0.1, 0.15) is 24.2 Å². The van der Waals surface area contributed by atoms with Gasteiger partial charge in [0.2, 0.25) is 0 Å². The Hall–Kier alpha value is -1.87. The summed E-state index contributed by atoms with van der Waals surface area (Å²) in [5.74, 6) is -0.376. The van der Waals surface area contributed by atoms with E-state index in [1.165, 1.54) is 11.6 Å². The SMILES string of the molecule is CCc1cccc(NCC(O)c2ccccc2F)c1. The second kappa shape index (κ2) is 6.34. The first-order valence-corrected chi connectivity index (χ1v) is 6.46. The third kappa shape index (κ3) is 3.55. The number of aliphatic hydroxyl groups is 1. The van der Waals surface area contributed by atoms with Crippen LogP contribution in [0.25, 0.3) is 0 Å². The minimum atomic E-state index is -0.855. The van der Waals surface area contributed by atoms with Crippen LogP contribution >= 0.6 is 0 Å². The Morgan fingerprint density at radius 1 is 1.16 bits per heavy atom. The van der Waals surface area contributed by atoms with E-state index < -0.39 is 6.10 Å². The van der Waals surface area contributed by atoms with Crippen molar-refractivity contribution in [2.75, 3.05) is 11.9 Å². The number of benzene rings is 2. The lowest BCUT2D eigenvalue weighted by Crippen LogP contribution is -2.13. The van der Waals surface area contributed by atoms with Gasteiger partial charge in [0.15, 0.2) is 0 Å². The second-order valence-electron chi connectivity index (χ2n) is 4.47. The molecule has 19 heavy (non-hydrogen) atoms. The molecule has 2 nitrogen and oxygen atoms in total. The van der Waals surface area contributed by atoms with Crippen molar-refractivity contribution in [2.45, 2.75) is 19.4 Å². The van der Waals surface area contributed by atoms with Crippen molar-refractivity contribution in [3.8, 4) is 0 Å². The highest BCUT2D eigenvalue weighted by Gasteiger charge is 2.11. The zero-order valence-corrected chi connectivity index (χ0v) is 10.9. The van der Waals surface area contributed by atoms with Crippen molar-refractivity contribution >= 4 is 5.69 Å². The van der Waals surface area contributed by atoms with E-state index in [4.69, 9.17) is 0 Å². The van der Waals surface area contributed by atoms with E-state index >= 15 is 0 Å². The van der Waals surface area contributed by atoms with Crippen LogP contribution in [-0.4, -0.2) is 11.7 Å². The van der Waals surface area contributed by atoms with Gasteiger partial charge in [0, 0.05) is 17.8 Å². The maximum atomic E-state index is 13.5. The van der Waals surface area contributed by atoms with Crippen LogP contribution in [0.2, 0.25) is 0 Å². The molecule has 0 amide bonds. The number of nitrogens with one attached hydrogen (secondary N) is 1. The molecule has 2 N–H and O–H groups in total. The summed E-state index contributed by atoms with van der Waals surface area (Å²) in [5.41, 5.74) is 2.49. The number of hydrogen-bond acceptors (Lipinski definition) is 2. The summed E-state index contributed by atoms with van der Waals surface area (Å²) >= 11 is 0. The van der Waals surface area contributed by atoms with Gasteiger partial charge in [-0.15, -0.1) is 0 Å². The Kier molecular flexibility index (Phi) is 4.53. The van der Waals surface area contributed by atoms with Crippen LogP contribution in [0.5, 0.6) is 0 Å². The van der Waals surface area contributed by atoms with E-state index in [1.807, 2.05) is 18.2 Å². The molecule has 0 saturated carbocycles. The minimum Gasteiger partial charge on any atom is -0.386 e. The second-order valence-corrected chi connectivity index (χ2v) is 4.47. The Bertz CT molecular complexity index is 542.